The molecule has 3 aliphatic rings. The zero-order valence-electron chi connectivity index (χ0n) is 11.6. The second kappa shape index (κ2) is 4.81. The van der Waals surface area contributed by atoms with Gasteiger partial charge in [-0.25, -0.2) is 0 Å². The van der Waals surface area contributed by atoms with Gasteiger partial charge in [-0.2, -0.15) is 0 Å². The molecule has 4 rings (SSSR count). The van der Waals surface area contributed by atoms with Gasteiger partial charge in [0.25, 0.3) is 5.79 Å². The molecule has 2 heterocycles. The van der Waals surface area contributed by atoms with Gasteiger partial charge >= 0.3 is 0 Å². The molecule has 0 aromatic heterocycles. The van der Waals surface area contributed by atoms with Crippen molar-refractivity contribution in [3.8, 4) is 11.5 Å². The first kappa shape index (κ1) is 12.8. The number of ether oxygens (including phenoxy) is 2. The van der Waals surface area contributed by atoms with Crippen LogP contribution >= 0.6 is 11.6 Å². The highest BCUT2D eigenvalue weighted by molar-refractivity contribution is 6.31. The number of nitrogens with one attached hydrogen (secondary N) is 1. The van der Waals surface area contributed by atoms with Gasteiger partial charge in [0.05, 0.1) is 0 Å². The molecule has 1 unspecified atom stereocenters. The third-order valence-electron chi connectivity index (χ3n) is 4.70. The van der Waals surface area contributed by atoms with E-state index in [0.717, 1.165) is 42.3 Å². The van der Waals surface area contributed by atoms with E-state index in [-0.39, 0.29) is 5.79 Å². The van der Waals surface area contributed by atoms with Crippen molar-refractivity contribution in [2.45, 2.75) is 56.8 Å². The van der Waals surface area contributed by atoms with E-state index in [1.807, 2.05) is 6.07 Å². The Morgan fingerprint density at radius 2 is 1.95 bits per heavy atom. The van der Waals surface area contributed by atoms with Crippen molar-refractivity contribution in [2.75, 3.05) is 6.54 Å². The van der Waals surface area contributed by atoms with Crippen LogP contribution in [-0.4, -0.2) is 18.4 Å². The van der Waals surface area contributed by atoms with Gasteiger partial charge in [-0.3, -0.25) is 0 Å². The van der Waals surface area contributed by atoms with Crippen LogP contribution in [0.3, 0.4) is 0 Å². The lowest BCUT2D eigenvalue weighted by Crippen LogP contribution is -2.45. The van der Waals surface area contributed by atoms with Crippen LogP contribution in [0.4, 0.5) is 0 Å². The largest absolute Gasteiger partial charge is 0.448 e. The van der Waals surface area contributed by atoms with Gasteiger partial charge in [0.2, 0.25) is 0 Å². The Labute approximate surface area is 124 Å². The molecule has 1 saturated carbocycles. The molecule has 1 aliphatic carbocycles. The smallest absolute Gasteiger partial charge is 0.251 e. The highest BCUT2D eigenvalue weighted by Gasteiger charge is 2.47. The highest BCUT2D eigenvalue weighted by atomic mass is 35.5. The molecule has 2 aliphatic heterocycles. The van der Waals surface area contributed by atoms with E-state index in [0.29, 0.717) is 6.04 Å². The van der Waals surface area contributed by atoms with E-state index in [1.165, 1.54) is 31.2 Å². The Kier molecular flexibility index (Phi) is 3.08. The predicted octanol–water partition coefficient (Wildman–Crippen LogP) is 3.68. The van der Waals surface area contributed by atoms with Gasteiger partial charge in [-0.1, -0.05) is 18.0 Å². The number of hydrogen-bond acceptors (Lipinski definition) is 3. The predicted molar refractivity (Wildman–Crippen MR) is 78.6 cm³/mol. The summed E-state index contributed by atoms with van der Waals surface area (Å²) in [4.78, 5) is 0. The lowest BCUT2D eigenvalue weighted by Gasteiger charge is -2.35. The Morgan fingerprint density at radius 1 is 1.15 bits per heavy atom. The van der Waals surface area contributed by atoms with Crippen LogP contribution in [0.5, 0.6) is 11.5 Å². The molecule has 1 atom stereocenters. The lowest BCUT2D eigenvalue weighted by molar-refractivity contribution is -0.138. The van der Waals surface area contributed by atoms with Crippen LogP contribution in [0.15, 0.2) is 12.1 Å². The molecule has 20 heavy (non-hydrogen) atoms. The number of fused-ring (bicyclic) bond motifs is 1. The summed E-state index contributed by atoms with van der Waals surface area (Å²) in [6, 6.07) is 4.56. The summed E-state index contributed by atoms with van der Waals surface area (Å²) in [6.45, 7) is 1.12. The van der Waals surface area contributed by atoms with Crippen molar-refractivity contribution >= 4 is 11.6 Å². The first-order valence-electron chi connectivity index (χ1n) is 7.68. The molecule has 3 nitrogen and oxygen atoms in total. The average molecular weight is 294 g/mol. The first-order chi connectivity index (χ1) is 9.74. The van der Waals surface area contributed by atoms with E-state index in [1.54, 1.807) is 0 Å². The summed E-state index contributed by atoms with van der Waals surface area (Å²) in [5.41, 5.74) is 1.17. The van der Waals surface area contributed by atoms with Crippen LogP contribution in [-0.2, 0) is 6.42 Å². The molecule has 1 saturated heterocycles. The summed E-state index contributed by atoms with van der Waals surface area (Å²) < 4.78 is 11.9. The van der Waals surface area contributed by atoms with Crippen molar-refractivity contribution in [3.63, 3.8) is 0 Å². The summed E-state index contributed by atoms with van der Waals surface area (Å²) in [6.07, 6.45) is 7.95. The van der Waals surface area contributed by atoms with E-state index in [2.05, 4.69) is 11.4 Å². The van der Waals surface area contributed by atoms with Crippen LogP contribution in [0.1, 0.15) is 44.1 Å². The minimum Gasteiger partial charge on any atom is -0.448 e. The van der Waals surface area contributed by atoms with Gasteiger partial charge in [0.15, 0.2) is 11.5 Å². The minimum absolute atomic E-state index is 0.368. The molecule has 1 N–H and O–H groups in total. The fourth-order valence-electron chi connectivity index (χ4n) is 3.35. The summed E-state index contributed by atoms with van der Waals surface area (Å²) in [5, 5.41) is 4.37. The molecule has 4 heteroatoms. The van der Waals surface area contributed by atoms with Crippen LogP contribution in [0.25, 0.3) is 0 Å². The quantitative estimate of drug-likeness (QED) is 0.902. The maximum Gasteiger partial charge on any atom is 0.251 e. The fourth-order valence-corrected chi connectivity index (χ4v) is 3.58. The maximum atomic E-state index is 6.42. The Balaban J connectivity index is 1.54. The first-order valence-corrected chi connectivity index (χ1v) is 8.06. The Bertz CT molecular complexity index is 521. The lowest BCUT2D eigenvalue weighted by atomic mass is 9.91. The van der Waals surface area contributed by atoms with Gasteiger partial charge in [-0.05, 0) is 43.9 Å². The normalized spacial score (nSPS) is 26.6. The topological polar surface area (TPSA) is 30.5 Å². The third kappa shape index (κ3) is 2.17. The average Bonchev–Trinajstić information content (AvgIpc) is 2.79. The summed E-state index contributed by atoms with van der Waals surface area (Å²) >= 11 is 6.42. The van der Waals surface area contributed by atoms with Gasteiger partial charge in [-0.15, -0.1) is 0 Å². The zero-order valence-corrected chi connectivity index (χ0v) is 12.3. The molecule has 108 valence electrons. The second-order valence-electron chi connectivity index (χ2n) is 6.21. The molecule has 2 fully saturated rings. The van der Waals surface area contributed by atoms with E-state index in [4.69, 9.17) is 21.1 Å². The molecule has 1 spiro atoms. The van der Waals surface area contributed by atoms with Crippen molar-refractivity contribution in [3.05, 3.63) is 22.7 Å². The number of rotatable bonds is 2. The number of piperidine rings is 1. The molecule has 0 bridgehead atoms. The molecular formula is C16H20ClNO2. The number of halogens is 1. The standard InChI is InChI=1S/C16H20ClNO2/c17-13-10-15-14(19-16(20-15)5-3-6-16)9-11(13)8-12-4-1-2-7-18-12/h9-10,12,18H,1-8H2. The second-order valence-corrected chi connectivity index (χ2v) is 6.62. The maximum absolute atomic E-state index is 6.42. The van der Waals surface area contributed by atoms with Gasteiger partial charge in [0.1, 0.15) is 0 Å². The van der Waals surface area contributed by atoms with Crippen molar-refractivity contribution in [1.82, 2.24) is 5.32 Å². The van der Waals surface area contributed by atoms with Crippen LogP contribution in [0, 0.1) is 0 Å². The highest BCUT2D eigenvalue weighted by Crippen LogP contribution is 2.49. The third-order valence-corrected chi connectivity index (χ3v) is 5.05. The van der Waals surface area contributed by atoms with E-state index < -0.39 is 0 Å². The van der Waals surface area contributed by atoms with E-state index in [9.17, 15) is 0 Å². The number of hydrogen-bond donors (Lipinski definition) is 1. The molecule has 1 aromatic carbocycles. The van der Waals surface area contributed by atoms with Crippen LogP contribution < -0.4 is 14.8 Å². The summed E-state index contributed by atoms with van der Waals surface area (Å²) in [5.74, 6) is 1.32. The van der Waals surface area contributed by atoms with Crippen LogP contribution in [0.2, 0.25) is 5.02 Å². The summed E-state index contributed by atoms with van der Waals surface area (Å²) in [7, 11) is 0. The molecular weight excluding hydrogens is 274 g/mol. The molecule has 0 radical (unpaired) electrons. The Morgan fingerprint density at radius 3 is 2.60 bits per heavy atom. The van der Waals surface area contributed by atoms with Crippen molar-refractivity contribution < 1.29 is 9.47 Å². The Hall–Kier alpha value is -0.930. The monoisotopic (exact) mass is 293 g/mol. The zero-order chi connectivity index (χ0) is 13.6. The fraction of sp³-hybridized carbons (Fsp3) is 0.625. The SMILES string of the molecule is Clc1cc2c(cc1CC1CCCCN1)OC1(CCC1)O2. The van der Waals surface area contributed by atoms with Gasteiger partial charge in [0, 0.05) is 30.0 Å². The molecule has 0 amide bonds. The minimum atomic E-state index is -0.368. The van der Waals surface area contributed by atoms with Crippen molar-refractivity contribution in [1.29, 1.82) is 0 Å². The van der Waals surface area contributed by atoms with Gasteiger partial charge < -0.3 is 14.8 Å². The molecule has 1 aromatic rings. The van der Waals surface area contributed by atoms with Crippen molar-refractivity contribution in [2.24, 2.45) is 0 Å². The van der Waals surface area contributed by atoms with E-state index >= 15 is 0 Å². The number of benzene rings is 1.